The molecule has 1 aromatic carbocycles. The monoisotopic (exact) mass is 293 g/mol. The summed E-state index contributed by atoms with van der Waals surface area (Å²) in [6.45, 7) is 0.749. The van der Waals surface area contributed by atoms with Crippen LogP contribution in [0, 0.1) is 5.92 Å². The summed E-state index contributed by atoms with van der Waals surface area (Å²) in [5.41, 5.74) is 0. The van der Waals surface area contributed by atoms with Crippen LogP contribution in [0.1, 0.15) is 12.8 Å². The summed E-state index contributed by atoms with van der Waals surface area (Å²) in [5.74, 6) is -0.303. The molecule has 0 aliphatic carbocycles. The summed E-state index contributed by atoms with van der Waals surface area (Å²) in [6.07, 6.45) is 1.33. The lowest BCUT2D eigenvalue weighted by Crippen LogP contribution is -2.44. The number of carbonyl (C=O) groups excluding carboxylic acids is 1. The van der Waals surface area contributed by atoms with Crippen LogP contribution >= 0.6 is 0 Å². The van der Waals surface area contributed by atoms with E-state index in [0.29, 0.717) is 30.9 Å². The summed E-state index contributed by atoms with van der Waals surface area (Å²) in [5, 5.41) is 9.02. The molecule has 0 bridgehead atoms. The van der Waals surface area contributed by atoms with Gasteiger partial charge in [0.15, 0.2) is 6.61 Å². The topological polar surface area (TPSA) is 76.1 Å². The van der Waals surface area contributed by atoms with Crippen LogP contribution < -0.4 is 9.47 Å². The highest BCUT2D eigenvalue weighted by Gasteiger charge is 2.28. The van der Waals surface area contributed by atoms with Crippen molar-refractivity contribution in [3.05, 3.63) is 24.3 Å². The average Bonchev–Trinajstić information content (AvgIpc) is 2.53. The van der Waals surface area contributed by atoms with Gasteiger partial charge in [0, 0.05) is 19.2 Å². The Bertz CT molecular complexity index is 517. The van der Waals surface area contributed by atoms with Crippen LogP contribution in [0.25, 0.3) is 0 Å². The van der Waals surface area contributed by atoms with E-state index in [4.69, 9.17) is 14.6 Å². The lowest BCUT2D eigenvalue weighted by molar-refractivity contribution is -0.146. The quantitative estimate of drug-likeness (QED) is 0.888. The Morgan fingerprint density at radius 2 is 2.14 bits per heavy atom. The molecule has 1 atom stereocenters. The minimum atomic E-state index is -0.846. The van der Waals surface area contributed by atoms with E-state index in [0.717, 1.165) is 0 Å². The number of benzene rings is 1. The number of likely N-dealkylation sites (tertiary alicyclic amines) is 1. The number of methoxy groups -OCH3 is 1. The lowest BCUT2D eigenvalue weighted by atomic mass is 9.98. The Morgan fingerprint density at radius 1 is 1.38 bits per heavy atom. The Balaban J connectivity index is 1.87. The summed E-state index contributed by atoms with van der Waals surface area (Å²) in [4.78, 5) is 24.6. The van der Waals surface area contributed by atoms with Crippen molar-refractivity contribution in [3.8, 4) is 11.5 Å². The number of piperidine rings is 1. The zero-order valence-electron chi connectivity index (χ0n) is 11.9. The van der Waals surface area contributed by atoms with Gasteiger partial charge >= 0.3 is 5.97 Å². The van der Waals surface area contributed by atoms with Crippen LogP contribution in [-0.4, -0.2) is 48.7 Å². The second kappa shape index (κ2) is 6.97. The molecule has 6 heteroatoms. The SMILES string of the molecule is COc1cccc(OCC(=O)N2CCC[C@@H](C(=O)O)C2)c1. The fraction of sp³-hybridized carbons (Fsp3) is 0.467. The van der Waals surface area contributed by atoms with Gasteiger partial charge in [-0.05, 0) is 25.0 Å². The number of carboxylic acids is 1. The number of hydrogen-bond acceptors (Lipinski definition) is 4. The molecule has 1 heterocycles. The van der Waals surface area contributed by atoms with Crippen molar-refractivity contribution in [3.63, 3.8) is 0 Å². The third-order valence-corrected chi connectivity index (χ3v) is 3.53. The largest absolute Gasteiger partial charge is 0.497 e. The minimum Gasteiger partial charge on any atom is -0.497 e. The number of carboxylic acid groups (broad SMARTS) is 1. The van der Waals surface area contributed by atoms with E-state index in [1.54, 1.807) is 36.3 Å². The Morgan fingerprint density at radius 3 is 2.86 bits per heavy atom. The van der Waals surface area contributed by atoms with Gasteiger partial charge in [-0.3, -0.25) is 9.59 Å². The molecule has 1 fully saturated rings. The van der Waals surface area contributed by atoms with Crippen molar-refractivity contribution in [2.45, 2.75) is 12.8 Å². The zero-order chi connectivity index (χ0) is 15.2. The van der Waals surface area contributed by atoms with Gasteiger partial charge in [-0.2, -0.15) is 0 Å². The molecule has 6 nitrogen and oxygen atoms in total. The Labute approximate surface area is 123 Å². The van der Waals surface area contributed by atoms with Crippen molar-refractivity contribution in [1.82, 2.24) is 4.90 Å². The highest BCUT2D eigenvalue weighted by Crippen LogP contribution is 2.20. The van der Waals surface area contributed by atoms with Crippen LogP contribution in [0.2, 0.25) is 0 Å². The highest BCUT2D eigenvalue weighted by atomic mass is 16.5. The number of hydrogen-bond donors (Lipinski definition) is 1. The molecule has 0 saturated carbocycles. The molecule has 1 aliphatic heterocycles. The summed E-state index contributed by atoms with van der Waals surface area (Å²) in [7, 11) is 1.56. The van der Waals surface area contributed by atoms with Gasteiger partial charge in [0.05, 0.1) is 13.0 Å². The second-order valence-corrected chi connectivity index (χ2v) is 4.98. The zero-order valence-corrected chi connectivity index (χ0v) is 11.9. The van der Waals surface area contributed by atoms with Gasteiger partial charge in [0.25, 0.3) is 5.91 Å². The number of ether oxygens (including phenoxy) is 2. The van der Waals surface area contributed by atoms with E-state index in [1.807, 2.05) is 0 Å². The minimum absolute atomic E-state index is 0.0977. The molecule has 2 rings (SSSR count). The molecule has 1 aromatic rings. The first-order chi connectivity index (χ1) is 10.1. The number of rotatable bonds is 5. The molecule has 1 saturated heterocycles. The number of amides is 1. The van der Waals surface area contributed by atoms with Crippen LogP contribution in [0.15, 0.2) is 24.3 Å². The van der Waals surface area contributed by atoms with Gasteiger partial charge in [0.2, 0.25) is 0 Å². The number of aliphatic carboxylic acids is 1. The first kappa shape index (κ1) is 15.2. The van der Waals surface area contributed by atoms with E-state index in [2.05, 4.69) is 0 Å². The van der Waals surface area contributed by atoms with Gasteiger partial charge in [-0.25, -0.2) is 0 Å². The van der Waals surface area contributed by atoms with E-state index >= 15 is 0 Å². The lowest BCUT2D eigenvalue weighted by Gasteiger charge is -2.30. The molecule has 1 aliphatic rings. The van der Waals surface area contributed by atoms with Crippen LogP contribution in [0.4, 0.5) is 0 Å². The predicted molar refractivity (Wildman–Crippen MR) is 75.4 cm³/mol. The third-order valence-electron chi connectivity index (χ3n) is 3.53. The van der Waals surface area contributed by atoms with Gasteiger partial charge < -0.3 is 19.5 Å². The first-order valence-electron chi connectivity index (χ1n) is 6.87. The maximum Gasteiger partial charge on any atom is 0.308 e. The van der Waals surface area contributed by atoms with Crippen LogP contribution in [0.5, 0.6) is 11.5 Å². The third kappa shape index (κ3) is 4.11. The molecule has 1 N–H and O–H groups in total. The molecule has 0 spiro atoms. The molecule has 0 radical (unpaired) electrons. The van der Waals surface area contributed by atoms with Gasteiger partial charge in [-0.1, -0.05) is 6.07 Å². The average molecular weight is 293 g/mol. The number of nitrogens with zero attached hydrogens (tertiary/aromatic N) is 1. The van der Waals surface area contributed by atoms with E-state index in [1.165, 1.54) is 0 Å². The van der Waals surface area contributed by atoms with Crippen LogP contribution in [0.3, 0.4) is 0 Å². The van der Waals surface area contributed by atoms with E-state index < -0.39 is 11.9 Å². The standard InChI is InChI=1S/C15H19NO5/c1-20-12-5-2-6-13(8-12)21-10-14(17)16-7-3-4-11(9-16)15(18)19/h2,5-6,8,11H,3-4,7,9-10H2,1H3,(H,18,19)/t11-/m1/s1. The molecule has 0 unspecified atom stereocenters. The van der Waals surface area contributed by atoms with Crippen molar-refractivity contribution < 1.29 is 24.2 Å². The van der Waals surface area contributed by atoms with Crippen molar-refractivity contribution in [1.29, 1.82) is 0 Å². The first-order valence-corrected chi connectivity index (χ1v) is 6.87. The number of carbonyl (C=O) groups is 2. The highest BCUT2D eigenvalue weighted by molar-refractivity contribution is 5.79. The van der Waals surface area contributed by atoms with E-state index in [-0.39, 0.29) is 19.1 Å². The van der Waals surface area contributed by atoms with Gasteiger partial charge in [0.1, 0.15) is 11.5 Å². The van der Waals surface area contributed by atoms with Crippen molar-refractivity contribution in [2.24, 2.45) is 5.92 Å². The molecule has 114 valence electrons. The smallest absolute Gasteiger partial charge is 0.308 e. The second-order valence-electron chi connectivity index (χ2n) is 4.98. The van der Waals surface area contributed by atoms with Gasteiger partial charge in [-0.15, -0.1) is 0 Å². The fourth-order valence-corrected chi connectivity index (χ4v) is 2.33. The fourth-order valence-electron chi connectivity index (χ4n) is 2.33. The molecular formula is C15H19NO5. The predicted octanol–water partition coefficient (Wildman–Crippen LogP) is 1.40. The maximum absolute atomic E-state index is 12.1. The Kier molecular flexibility index (Phi) is 5.03. The summed E-state index contributed by atoms with van der Waals surface area (Å²) < 4.78 is 10.5. The molecule has 1 amide bonds. The van der Waals surface area contributed by atoms with Crippen LogP contribution in [-0.2, 0) is 9.59 Å². The van der Waals surface area contributed by atoms with E-state index in [9.17, 15) is 9.59 Å². The summed E-state index contributed by atoms with van der Waals surface area (Å²) in [6, 6.07) is 7.01. The maximum atomic E-state index is 12.1. The molecule has 0 aromatic heterocycles. The molecular weight excluding hydrogens is 274 g/mol. The summed E-state index contributed by atoms with van der Waals surface area (Å²) >= 11 is 0. The normalized spacial score (nSPS) is 18.1. The van der Waals surface area contributed by atoms with Crippen molar-refractivity contribution >= 4 is 11.9 Å². The Hall–Kier alpha value is -2.24. The molecule has 21 heavy (non-hydrogen) atoms. The van der Waals surface area contributed by atoms with Crippen molar-refractivity contribution in [2.75, 3.05) is 26.8 Å².